The number of hydrogen-bond donors (Lipinski definition) is 2. The third kappa shape index (κ3) is 6.87. The molecule has 0 bridgehead atoms. The van der Waals surface area contributed by atoms with E-state index in [4.69, 9.17) is 22.7 Å². The zero-order valence-electron chi connectivity index (χ0n) is 23.4. The van der Waals surface area contributed by atoms with Crippen LogP contribution >= 0.6 is 23.4 Å². The van der Waals surface area contributed by atoms with Gasteiger partial charge in [0.25, 0.3) is 10.0 Å². The summed E-state index contributed by atoms with van der Waals surface area (Å²) >= 11 is 6.92. The van der Waals surface area contributed by atoms with Crippen molar-refractivity contribution in [3.8, 4) is 0 Å². The Morgan fingerprint density at radius 1 is 1.07 bits per heavy atom. The highest BCUT2D eigenvalue weighted by Gasteiger charge is 2.34. The molecule has 10 nitrogen and oxygen atoms in total. The number of nitrogens with two attached hydrogens (primary N) is 1. The number of amides is 2. The van der Waals surface area contributed by atoms with Gasteiger partial charge in [0.1, 0.15) is 17.6 Å². The fraction of sp³-hybridized carbons (Fsp3) is 0.267. The summed E-state index contributed by atoms with van der Waals surface area (Å²) in [7, 11) is -4.14. The number of carbonyl (C=O) groups excluding carboxylic acids is 2. The Bertz CT molecular complexity index is 1690. The molecule has 1 saturated heterocycles. The fourth-order valence-corrected chi connectivity index (χ4v) is 7.19. The van der Waals surface area contributed by atoms with E-state index in [2.05, 4.69) is 9.30 Å². The molecular weight excluding hydrogens is 608 g/mol. The second-order valence-electron chi connectivity index (χ2n) is 10.2. The van der Waals surface area contributed by atoms with Crippen molar-refractivity contribution in [1.82, 2.24) is 4.90 Å². The molecule has 43 heavy (non-hydrogen) atoms. The Labute approximate surface area is 263 Å². The van der Waals surface area contributed by atoms with Crippen LogP contribution in [0.3, 0.4) is 0 Å². The number of aryl methyl sites for hydroxylation is 1. The number of anilines is 2. The summed E-state index contributed by atoms with van der Waals surface area (Å²) < 4.78 is 29.3. The normalized spacial score (nSPS) is 16.6. The number of nitrogens with one attached hydrogen (secondary N) is 1. The van der Waals surface area contributed by atoms with Crippen LogP contribution in [0.2, 0.25) is 5.02 Å². The summed E-state index contributed by atoms with van der Waals surface area (Å²) in [6, 6.07) is 19.9. The van der Waals surface area contributed by atoms with Crippen LogP contribution in [0.25, 0.3) is 0 Å². The Balaban J connectivity index is 0.00000276. The molecule has 1 atom stereocenters. The minimum atomic E-state index is -4.14. The lowest BCUT2D eigenvalue weighted by Gasteiger charge is -2.40. The van der Waals surface area contributed by atoms with E-state index in [-0.39, 0.29) is 42.9 Å². The maximum atomic E-state index is 13.4. The minimum absolute atomic E-state index is 0. The van der Waals surface area contributed by atoms with E-state index in [1.165, 1.54) is 29.2 Å². The predicted octanol–water partition coefficient (Wildman–Crippen LogP) is 4.61. The van der Waals surface area contributed by atoms with Gasteiger partial charge in [-0.05, 0) is 79.6 Å². The SMILES string of the molecule is C[C@H](C(=O)N1CCN(c2ccc(S(=O)(=O)N=C(N)SC(=N)c3ccccc3)cc2)C(=O)C1)N1CCCc2cc(Cl)ccc21.[HH].[HH]. The molecule has 0 saturated carbocycles. The van der Waals surface area contributed by atoms with Crippen LogP contribution in [0, 0.1) is 5.41 Å². The number of amidine groups is 1. The number of piperazine rings is 1. The van der Waals surface area contributed by atoms with Gasteiger partial charge >= 0.3 is 0 Å². The highest BCUT2D eigenvalue weighted by molar-refractivity contribution is 8.27. The summed E-state index contributed by atoms with van der Waals surface area (Å²) in [6.07, 6.45) is 1.82. The Morgan fingerprint density at radius 3 is 2.49 bits per heavy atom. The highest BCUT2D eigenvalue weighted by Crippen LogP contribution is 2.32. The average Bonchev–Trinajstić information content (AvgIpc) is 3.00. The van der Waals surface area contributed by atoms with E-state index in [0.29, 0.717) is 22.8 Å². The monoisotopic (exact) mass is 642 g/mol. The molecule has 0 aromatic heterocycles. The van der Waals surface area contributed by atoms with Gasteiger partial charge in [-0.3, -0.25) is 15.0 Å². The first kappa shape index (κ1) is 30.6. The molecule has 3 aromatic rings. The van der Waals surface area contributed by atoms with Crippen molar-refractivity contribution in [2.24, 2.45) is 10.1 Å². The molecule has 3 aromatic carbocycles. The number of rotatable bonds is 6. The number of nitrogens with zero attached hydrogens (tertiary/aromatic N) is 4. The second kappa shape index (κ2) is 12.8. The maximum absolute atomic E-state index is 13.4. The van der Waals surface area contributed by atoms with Crippen molar-refractivity contribution in [2.75, 3.05) is 36.0 Å². The number of carbonyl (C=O) groups is 2. The zero-order valence-corrected chi connectivity index (χ0v) is 25.8. The molecule has 5 rings (SSSR count). The summed E-state index contributed by atoms with van der Waals surface area (Å²) in [4.78, 5) is 31.7. The Kier molecular flexibility index (Phi) is 9.09. The van der Waals surface area contributed by atoms with Crippen LogP contribution in [0.4, 0.5) is 11.4 Å². The van der Waals surface area contributed by atoms with Gasteiger partial charge in [-0.1, -0.05) is 41.9 Å². The molecule has 0 unspecified atom stereocenters. The lowest BCUT2D eigenvalue weighted by Crippen LogP contribution is -2.57. The number of benzene rings is 3. The van der Waals surface area contributed by atoms with Gasteiger partial charge in [0.05, 0.1) is 4.90 Å². The molecule has 2 aliphatic heterocycles. The summed E-state index contributed by atoms with van der Waals surface area (Å²) in [5, 5.41) is 8.59. The molecule has 2 aliphatic rings. The van der Waals surface area contributed by atoms with Gasteiger partial charge in [0, 0.05) is 44.4 Å². The topological polar surface area (TPSA) is 140 Å². The van der Waals surface area contributed by atoms with E-state index in [1.54, 1.807) is 29.2 Å². The van der Waals surface area contributed by atoms with Crippen molar-refractivity contribution < 1.29 is 20.9 Å². The summed E-state index contributed by atoms with van der Waals surface area (Å²) in [6.45, 7) is 3.16. The van der Waals surface area contributed by atoms with E-state index in [1.807, 2.05) is 31.2 Å². The van der Waals surface area contributed by atoms with Crippen LogP contribution in [0.5, 0.6) is 0 Å². The van der Waals surface area contributed by atoms with Crippen molar-refractivity contribution in [3.63, 3.8) is 0 Å². The lowest BCUT2D eigenvalue weighted by atomic mass is 10.00. The molecule has 228 valence electrons. The smallest absolute Gasteiger partial charge is 0.284 e. The molecule has 0 aliphatic carbocycles. The van der Waals surface area contributed by atoms with Crippen LogP contribution in [0.1, 0.15) is 27.3 Å². The van der Waals surface area contributed by atoms with Gasteiger partial charge in [0.15, 0.2) is 5.17 Å². The summed E-state index contributed by atoms with van der Waals surface area (Å²) in [5.41, 5.74) is 9.06. The Morgan fingerprint density at radius 2 is 1.79 bits per heavy atom. The quantitative estimate of drug-likeness (QED) is 0.296. The largest absolute Gasteiger partial charge is 0.377 e. The number of halogens is 1. The third-order valence-electron chi connectivity index (χ3n) is 7.45. The number of hydrogen-bond acceptors (Lipinski definition) is 7. The first-order valence-electron chi connectivity index (χ1n) is 13.7. The maximum Gasteiger partial charge on any atom is 0.284 e. The molecule has 2 heterocycles. The van der Waals surface area contributed by atoms with Crippen LogP contribution in [-0.4, -0.2) is 67.6 Å². The van der Waals surface area contributed by atoms with E-state index < -0.39 is 16.1 Å². The van der Waals surface area contributed by atoms with Crippen LogP contribution < -0.4 is 15.5 Å². The predicted molar refractivity (Wildman–Crippen MR) is 176 cm³/mol. The zero-order chi connectivity index (χ0) is 30.7. The van der Waals surface area contributed by atoms with Crippen molar-refractivity contribution in [2.45, 2.75) is 30.7 Å². The second-order valence-corrected chi connectivity index (χ2v) is 13.3. The average molecular weight is 643 g/mol. The highest BCUT2D eigenvalue weighted by atomic mass is 35.5. The third-order valence-corrected chi connectivity index (χ3v) is 9.85. The summed E-state index contributed by atoms with van der Waals surface area (Å²) in [5.74, 6) is -0.378. The molecule has 13 heteroatoms. The molecular formula is C30H35ClN6O4S2. The van der Waals surface area contributed by atoms with Crippen LogP contribution in [0.15, 0.2) is 82.1 Å². The standard InChI is InChI=1S/C30H31ClN6O4S2.2H2/c1-20(36-15-5-8-22-18-23(31)9-14-26(22)36)29(39)35-16-17-37(27(38)19-35)24-10-12-25(13-11-24)43(40,41)34-30(33)42-28(32)21-6-3-2-4-7-21;;/h2-4,6-7,9-14,18,20,32H,5,8,15-17,19H2,1H3,(H2,33,34);2*1H/t20-;;/m1../s1. The molecule has 2 amide bonds. The molecule has 0 spiro atoms. The van der Waals surface area contributed by atoms with Gasteiger partial charge in [-0.2, -0.15) is 8.42 Å². The first-order chi connectivity index (χ1) is 20.5. The van der Waals surface area contributed by atoms with Crippen molar-refractivity contribution in [3.05, 3.63) is 88.9 Å². The van der Waals surface area contributed by atoms with Gasteiger partial charge in [-0.15, -0.1) is 4.40 Å². The number of fused-ring (bicyclic) bond motifs is 1. The lowest BCUT2D eigenvalue weighted by molar-refractivity contribution is -0.137. The van der Waals surface area contributed by atoms with Crippen LogP contribution in [-0.2, 0) is 26.0 Å². The minimum Gasteiger partial charge on any atom is -0.377 e. The van der Waals surface area contributed by atoms with E-state index in [0.717, 1.165) is 42.4 Å². The first-order valence-corrected chi connectivity index (χ1v) is 16.3. The van der Waals surface area contributed by atoms with Crippen molar-refractivity contribution in [1.29, 1.82) is 5.41 Å². The Hall–Kier alpha value is -3.87. The van der Waals surface area contributed by atoms with Crippen molar-refractivity contribution >= 4 is 66.8 Å². The fourth-order valence-electron chi connectivity index (χ4n) is 5.27. The molecule has 0 radical (unpaired) electrons. The van der Waals surface area contributed by atoms with Gasteiger partial charge in [0.2, 0.25) is 11.8 Å². The molecule has 1 fully saturated rings. The molecule has 3 N–H and O–H groups in total. The van der Waals surface area contributed by atoms with E-state index in [9.17, 15) is 18.0 Å². The van der Waals surface area contributed by atoms with Gasteiger partial charge in [-0.25, -0.2) is 0 Å². The number of thioether (sulfide) groups is 1. The van der Waals surface area contributed by atoms with Gasteiger partial charge < -0.3 is 20.4 Å². The van der Waals surface area contributed by atoms with E-state index >= 15 is 0 Å². The number of sulfonamides is 1.